The molecule has 8 heteroatoms. The van der Waals surface area contributed by atoms with Gasteiger partial charge in [-0.25, -0.2) is 19.2 Å². The molecule has 0 fully saturated rings. The molecule has 0 aliphatic carbocycles. The van der Waals surface area contributed by atoms with Crippen LogP contribution in [-0.4, -0.2) is 47.3 Å². The minimum Gasteiger partial charge on any atom is -0.478 e. The highest BCUT2D eigenvalue weighted by molar-refractivity contribution is 6.09. The molecule has 0 amide bonds. The van der Waals surface area contributed by atoms with Crippen molar-refractivity contribution >= 4 is 23.9 Å². The minimum atomic E-state index is -1.52. The van der Waals surface area contributed by atoms with Gasteiger partial charge in [0.2, 0.25) is 0 Å². The van der Waals surface area contributed by atoms with Crippen LogP contribution in [0.5, 0.6) is 0 Å². The fraction of sp³-hybridized carbons (Fsp3) is 0.643. The van der Waals surface area contributed by atoms with Gasteiger partial charge < -0.3 is 19.7 Å². The van der Waals surface area contributed by atoms with E-state index in [1.54, 1.807) is 0 Å². The summed E-state index contributed by atoms with van der Waals surface area (Å²) in [4.78, 5) is 48.7. The third-order valence-corrected chi connectivity index (χ3v) is 5.88. The van der Waals surface area contributed by atoms with Crippen LogP contribution in [-0.2, 0) is 9.47 Å². The summed E-state index contributed by atoms with van der Waals surface area (Å²) in [6.07, 6.45) is 9.53. The van der Waals surface area contributed by atoms with Gasteiger partial charge in [0.1, 0.15) is 0 Å². The van der Waals surface area contributed by atoms with Gasteiger partial charge in [-0.1, -0.05) is 79.1 Å². The number of hydrogen-bond donors (Lipinski definition) is 2. The number of carbonyl (C=O) groups is 4. The fourth-order valence-corrected chi connectivity index (χ4v) is 3.79. The van der Waals surface area contributed by atoms with Crippen LogP contribution in [0.1, 0.15) is 133 Å². The van der Waals surface area contributed by atoms with E-state index in [1.807, 2.05) is 0 Å². The summed E-state index contributed by atoms with van der Waals surface area (Å²) in [6, 6.07) is 1.78. The Bertz CT molecular complexity index is 802. The van der Waals surface area contributed by atoms with Crippen molar-refractivity contribution in [1.82, 2.24) is 0 Å². The number of carbonyl (C=O) groups excluding carboxylic acids is 2. The molecule has 0 unspecified atom stereocenters. The van der Waals surface area contributed by atoms with Gasteiger partial charge >= 0.3 is 23.9 Å². The predicted molar refractivity (Wildman–Crippen MR) is 137 cm³/mol. The zero-order valence-corrected chi connectivity index (χ0v) is 22.1. The molecule has 0 saturated carbocycles. The zero-order valence-electron chi connectivity index (χ0n) is 22.1. The van der Waals surface area contributed by atoms with Crippen molar-refractivity contribution in [2.45, 2.75) is 91.9 Å². The molecule has 0 aromatic heterocycles. The standard InChI is InChI=1S/C28H42O8/c1-19(2)13-9-5-7-11-15-35-27(33)23-17-21(25(29)30)22(26(31)32)18-24(23)28(34)36-16-12-8-6-10-14-20(3)4/h17-20H,5-16H2,1-4H3,(H,29,30)(H,31,32). The van der Waals surface area contributed by atoms with Crippen molar-refractivity contribution in [3.8, 4) is 0 Å². The van der Waals surface area contributed by atoms with Crippen LogP contribution in [0.25, 0.3) is 0 Å². The molecular weight excluding hydrogens is 464 g/mol. The van der Waals surface area contributed by atoms with Crippen LogP contribution in [0.15, 0.2) is 12.1 Å². The van der Waals surface area contributed by atoms with Crippen molar-refractivity contribution in [3.05, 3.63) is 34.4 Å². The Morgan fingerprint density at radius 3 is 1.22 bits per heavy atom. The van der Waals surface area contributed by atoms with E-state index >= 15 is 0 Å². The lowest BCUT2D eigenvalue weighted by atomic mass is 9.98. The number of rotatable bonds is 18. The second kappa shape index (κ2) is 16.7. The largest absolute Gasteiger partial charge is 0.478 e. The van der Waals surface area contributed by atoms with Crippen molar-refractivity contribution in [3.63, 3.8) is 0 Å². The van der Waals surface area contributed by atoms with Crippen LogP contribution in [0.4, 0.5) is 0 Å². The first-order valence-corrected chi connectivity index (χ1v) is 13.0. The molecule has 1 rings (SSSR count). The summed E-state index contributed by atoms with van der Waals surface area (Å²) >= 11 is 0. The highest BCUT2D eigenvalue weighted by Gasteiger charge is 2.27. The number of carboxylic acid groups (broad SMARTS) is 2. The summed E-state index contributed by atoms with van der Waals surface area (Å²) in [5.74, 6) is -3.51. The maximum Gasteiger partial charge on any atom is 0.339 e. The highest BCUT2D eigenvalue weighted by atomic mass is 16.5. The van der Waals surface area contributed by atoms with Crippen LogP contribution < -0.4 is 0 Å². The lowest BCUT2D eigenvalue weighted by molar-refractivity contribution is 0.0449. The highest BCUT2D eigenvalue weighted by Crippen LogP contribution is 2.21. The average molecular weight is 507 g/mol. The maximum atomic E-state index is 12.7. The number of unbranched alkanes of at least 4 members (excludes halogenated alkanes) is 6. The van der Waals surface area contributed by atoms with Crippen LogP contribution in [0.3, 0.4) is 0 Å². The van der Waals surface area contributed by atoms with Gasteiger partial charge in [-0.05, 0) is 36.8 Å². The topological polar surface area (TPSA) is 127 Å². The van der Waals surface area contributed by atoms with E-state index in [9.17, 15) is 29.4 Å². The van der Waals surface area contributed by atoms with E-state index < -0.39 is 35.0 Å². The van der Waals surface area contributed by atoms with Gasteiger partial charge in [-0.15, -0.1) is 0 Å². The molecule has 0 aliphatic rings. The Balaban J connectivity index is 2.85. The quantitative estimate of drug-likeness (QED) is 0.168. The number of benzene rings is 1. The first-order chi connectivity index (χ1) is 17.0. The number of hydrogen-bond acceptors (Lipinski definition) is 6. The first-order valence-electron chi connectivity index (χ1n) is 13.0. The summed E-state index contributed by atoms with van der Waals surface area (Å²) in [7, 11) is 0. The van der Waals surface area contributed by atoms with Crippen molar-refractivity contribution in [2.75, 3.05) is 13.2 Å². The number of carboxylic acids is 2. The minimum absolute atomic E-state index is 0.120. The van der Waals surface area contributed by atoms with Gasteiger partial charge in [-0.2, -0.15) is 0 Å². The van der Waals surface area contributed by atoms with Gasteiger partial charge in [0.15, 0.2) is 0 Å². The molecule has 0 bridgehead atoms. The third kappa shape index (κ3) is 11.7. The normalized spacial score (nSPS) is 11.1. The van der Waals surface area contributed by atoms with E-state index in [-0.39, 0.29) is 24.3 Å². The van der Waals surface area contributed by atoms with E-state index in [2.05, 4.69) is 27.7 Å². The number of ether oxygens (including phenoxy) is 2. The van der Waals surface area contributed by atoms with Gasteiger partial charge in [-0.3, -0.25) is 0 Å². The van der Waals surface area contributed by atoms with Crippen molar-refractivity contribution in [1.29, 1.82) is 0 Å². The summed E-state index contributed by atoms with van der Waals surface area (Å²) in [6.45, 7) is 8.90. The average Bonchev–Trinajstić information content (AvgIpc) is 2.81. The second-order valence-electron chi connectivity index (χ2n) is 10.0. The second-order valence-corrected chi connectivity index (χ2v) is 10.0. The van der Waals surface area contributed by atoms with Crippen LogP contribution in [0.2, 0.25) is 0 Å². The monoisotopic (exact) mass is 506 g/mol. The SMILES string of the molecule is CC(C)CCCCCCOC(=O)c1cc(C(=O)O)c(C(=O)O)cc1C(=O)OCCCCCCC(C)C. The van der Waals surface area contributed by atoms with Gasteiger partial charge in [0, 0.05) is 0 Å². The molecular formula is C28H42O8. The molecule has 0 heterocycles. The molecule has 8 nitrogen and oxygen atoms in total. The smallest absolute Gasteiger partial charge is 0.339 e. The van der Waals surface area contributed by atoms with Crippen LogP contribution >= 0.6 is 0 Å². The molecule has 0 atom stereocenters. The summed E-state index contributed by atoms with van der Waals surface area (Å²) in [5.41, 5.74) is -1.80. The first kappa shape index (κ1) is 31.1. The van der Waals surface area contributed by atoms with E-state index in [0.29, 0.717) is 24.7 Å². The molecule has 0 aliphatic heterocycles. The number of aromatic carboxylic acids is 2. The van der Waals surface area contributed by atoms with E-state index in [0.717, 1.165) is 63.5 Å². The maximum absolute atomic E-state index is 12.7. The Morgan fingerprint density at radius 2 is 0.917 bits per heavy atom. The Morgan fingerprint density at radius 1 is 0.583 bits per heavy atom. The molecule has 202 valence electrons. The zero-order chi connectivity index (χ0) is 27.1. The predicted octanol–water partition coefficient (Wildman–Crippen LogP) is 6.61. The lowest BCUT2D eigenvalue weighted by Gasteiger charge is -2.13. The van der Waals surface area contributed by atoms with Gasteiger partial charge in [0.05, 0.1) is 35.5 Å². The van der Waals surface area contributed by atoms with Crippen molar-refractivity contribution < 1.29 is 38.9 Å². The lowest BCUT2D eigenvalue weighted by Crippen LogP contribution is -2.19. The molecule has 0 saturated heterocycles. The fourth-order valence-electron chi connectivity index (χ4n) is 3.79. The number of esters is 2. The molecule has 36 heavy (non-hydrogen) atoms. The van der Waals surface area contributed by atoms with E-state index in [1.165, 1.54) is 0 Å². The molecule has 1 aromatic carbocycles. The summed E-state index contributed by atoms with van der Waals surface area (Å²) < 4.78 is 10.6. The van der Waals surface area contributed by atoms with Crippen LogP contribution in [0, 0.1) is 11.8 Å². The molecule has 2 N–H and O–H groups in total. The Labute approximate surface area is 214 Å². The Kier molecular flexibility index (Phi) is 14.5. The van der Waals surface area contributed by atoms with E-state index in [4.69, 9.17) is 9.47 Å². The van der Waals surface area contributed by atoms with Crippen molar-refractivity contribution in [2.24, 2.45) is 11.8 Å². The molecule has 0 spiro atoms. The molecule has 1 aromatic rings. The Hall–Kier alpha value is -2.90. The summed E-state index contributed by atoms with van der Waals surface area (Å²) in [5, 5.41) is 18.9. The molecule has 0 radical (unpaired) electrons. The third-order valence-electron chi connectivity index (χ3n) is 5.88. The van der Waals surface area contributed by atoms with Gasteiger partial charge in [0.25, 0.3) is 0 Å².